The molecule has 11 heteroatoms. The first-order valence-electron chi connectivity index (χ1n) is 15.2. The summed E-state index contributed by atoms with van der Waals surface area (Å²) in [5.74, 6) is 0.405. The quantitative estimate of drug-likeness (QED) is 0.133. The van der Waals surface area contributed by atoms with Crippen molar-refractivity contribution in [2.45, 2.75) is 90.0 Å². The second-order valence-corrected chi connectivity index (χ2v) is 24.7. The first kappa shape index (κ1) is 32.7. The Bertz CT molecular complexity index is 1150. The molecular formula is C31H49NO8Si2. The average molecular weight is 620 g/mol. The highest BCUT2D eigenvalue weighted by Crippen LogP contribution is 2.48. The van der Waals surface area contributed by atoms with Crippen molar-refractivity contribution in [3.63, 3.8) is 0 Å². The zero-order valence-electron chi connectivity index (χ0n) is 26.8. The highest BCUT2D eigenvalue weighted by Gasteiger charge is 2.48. The van der Waals surface area contributed by atoms with Crippen LogP contribution in [0.15, 0.2) is 17.7 Å². The van der Waals surface area contributed by atoms with Crippen LogP contribution in [0.4, 0.5) is 4.79 Å². The molecule has 2 aliphatic heterocycles. The van der Waals surface area contributed by atoms with E-state index in [1.165, 1.54) is 4.90 Å². The molecule has 2 unspecified atom stereocenters. The summed E-state index contributed by atoms with van der Waals surface area (Å²) in [5, 5.41) is 0. The van der Waals surface area contributed by atoms with Gasteiger partial charge >= 0.3 is 6.09 Å². The Morgan fingerprint density at radius 2 is 1.64 bits per heavy atom. The van der Waals surface area contributed by atoms with Crippen LogP contribution in [0.1, 0.15) is 58.8 Å². The Morgan fingerprint density at radius 3 is 2.21 bits per heavy atom. The number of hydrogen-bond donors (Lipinski definition) is 0. The first-order chi connectivity index (χ1) is 19.8. The number of rotatable bonds is 13. The molecular weight excluding hydrogens is 571 g/mol. The number of carbonyl (C=O) groups excluding carboxylic acids is 2. The predicted octanol–water partition coefficient (Wildman–Crippen LogP) is 6.97. The Morgan fingerprint density at radius 1 is 1.00 bits per heavy atom. The van der Waals surface area contributed by atoms with E-state index in [1.807, 2.05) is 18.2 Å². The summed E-state index contributed by atoms with van der Waals surface area (Å²) < 4.78 is 36.1. The van der Waals surface area contributed by atoms with Crippen LogP contribution in [0.5, 0.6) is 11.5 Å². The summed E-state index contributed by atoms with van der Waals surface area (Å²) in [5.41, 5.74) is 3.23. The van der Waals surface area contributed by atoms with Gasteiger partial charge in [-0.2, -0.15) is 0 Å². The van der Waals surface area contributed by atoms with Gasteiger partial charge in [-0.3, -0.25) is 4.79 Å². The molecule has 0 spiro atoms. The fraction of sp³-hybridized carbons (Fsp3) is 0.677. The zero-order chi connectivity index (χ0) is 30.8. The van der Waals surface area contributed by atoms with Crippen LogP contribution in [-0.4, -0.2) is 73.2 Å². The zero-order valence-corrected chi connectivity index (χ0v) is 28.8. The van der Waals surface area contributed by atoms with Gasteiger partial charge in [-0.1, -0.05) is 61.2 Å². The average Bonchev–Trinajstić information content (AvgIpc) is 3.54. The number of imide groups is 1. The van der Waals surface area contributed by atoms with Crippen molar-refractivity contribution in [2.24, 2.45) is 5.92 Å². The van der Waals surface area contributed by atoms with E-state index in [4.69, 9.17) is 28.1 Å². The number of hydrogen-bond acceptors (Lipinski definition) is 8. The Balaban J connectivity index is 1.73. The van der Waals surface area contributed by atoms with Crippen LogP contribution < -0.4 is 9.47 Å². The van der Waals surface area contributed by atoms with Gasteiger partial charge in [-0.25, -0.2) is 9.69 Å². The third-order valence-corrected chi connectivity index (χ3v) is 16.5. The predicted molar refractivity (Wildman–Crippen MR) is 167 cm³/mol. The maximum atomic E-state index is 14.0. The summed E-state index contributed by atoms with van der Waals surface area (Å²) >= 11 is 0. The number of nitrogens with zero attached hydrogens (tertiary/aromatic N) is 1. The summed E-state index contributed by atoms with van der Waals surface area (Å²) in [6, 6.07) is 4.84. The van der Waals surface area contributed by atoms with E-state index in [9.17, 15) is 9.59 Å². The molecule has 0 bridgehead atoms. The lowest BCUT2D eigenvalue weighted by molar-refractivity contribution is -0.128. The van der Waals surface area contributed by atoms with Crippen LogP contribution in [0.25, 0.3) is 6.08 Å². The minimum Gasteiger partial charge on any atom is -0.454 e. The third-order valence-electron chi connectivity index (χ3n) is 8.76. The smallest absolute Gasteiger partial charge is 0.416 e. The number of ether oxygens (including phenoxy) is 5. The van der Waals surface area contributed by atoms with E-state index in [-0.39, 0.29) is 39.3 Å². The van der Waals surface area contributed by atoms with Gasteiger partial charge in [0, 0.05) is 32.8 Å². The van der Waals surface area contributed by atoms with Crippen molar-refractivity contribution < 1.29 is 37.7 Å². The van der Waals surface area contributed by atoms with Gasteiger partial charge in [0.15, 0.2) is 19.8 Å². The molecule has 2 atom stereocenters. The molecule has 1 aromatic rings. The second kappa shape index (κ2) is 13.2. The number of benzene rings is 1. The molecule has 3 aliphatic rings. The van der Waals surface area contributed by atoms with E-state index in [1.54, 1.807) is 0 Å². The maximum Gasteiger partial charge on any atom is 0.416 e. The van der Waals surface area contributed by atoms with Gasteiger partial charge in [0.25, 0.3) is 5.91 Å². The van der Waals surface area contributed by atoms with Crippen LogP contribution in [-0.2, 0) is 23.4 Å². The molecule has 0 N–H and O–H groups in total. The molecule has 2 amide bonds. The van der Waals surface area contributed by atoms with Gasteiger partial charge in [0.05, 0.1) is 12.6 Å². The van der Waals surface area contributed by atoms with Crippen molar-refractivity contribution in [3.8, 4) is 11.5 Å². The molecule has 0 radical (unpaired) electrons. The molecule has 234 valence electrons. The Kier molecular flexibility index (Phi) is 10.3. The van der Waals surface area contributed by atoms with E-state index < -0.39 is 34.5 Å². The highest BCUT2D eigenvalue weighted by atomic mass is 28.4. The molecule has 4 rings (SSSR count). The maximum absolute atomic E-state index is 14.0. The largest absolute Gasteiger partial charge is 0.454 e. The summed E-state index contributed by atoms with van der Waals surface area (Å²) in [6.07, 6.45) is 0.677. The van der Waals surface area contributed by atoms with Crippen molar-refractivity contribution in [1.82, 2.24) is 4.90 Å². The van der Waals surface area contributed by atoms with E-state index in [0.29, 0.717) is 40.3 Å². The Labute approximate surface area is 252 Å². The van der Waals surface area contributed by atoms with Gasteiger partial charge < -0.3 is 28.1 Å². The molecule has 42 heavy (non-hydrogen) atoms. The lowest BCUT2D eigenvalue weighted by Crippen LogP contribution is -2.49. The lowest BCUT2D eigenvalue weighted by Gasteiger charge is -2.44. The fourth-order valence-corrected chi connectivity index (χ4v) is 12.9. The first-order valence-corrected chi connectivity index (χ1v) is 21.1. The molecule has 1 saturated heterocycles. The summed E-state index contributed by atoms with van der Waals surface area (Å²) in [7, 11) is -3.57. The molecule has 0 aromatic heterocycles. The van der Waals surface area contributed by atoms with Gasteiger partial charge in [0.1, 0.15) is 13.4 Å². The molecule has 2 heterocycles. The van der Waals surface area contributed by atoms with Crippen LogP contribution in [0.2, 0.25) is 42.3 Å². The monoisotopic (exact) mass is 619 g/mol. The summed E-state index contributed by atoms with van der Waals surface area (Å²) in [6.45, 7) is 21.9. The van der Waals surface area contributed by atoms with Crippen molar-refractivity contribution in [1.29, 1.82) is 0 Å². The molecule has 1 aliphatic carbocycles. The molecule has 0 saturated carbocycles. The van der Waals surface area contributed by atoms with Crippen molar-refractivity contribution >= 4 is 34.5 Å². The molecule has 1 fully saturated rings. The summed E-state index contributed by atoms with van der Waals surface area (Å²) in [4.78, 5) is 27.7. The number of carbonyl (C=O) groups is 2. The van der Waals surface area contributed by atoms with E-state index in [2.05, 4.69) is 61.2 Å². The van der Waals surface area contributed by atoms with Crippen molar-refractivity contribution in [2.75, 3.05) is 40.0 Å². The lowest BCUT2D eigenvalue weighted by atomic mass is 9.80. The highest BCUT2D eigenvalue weighted by molar-refractivity contribution is 6.77. The van der Waals surface area contributed by atoms with Gasteiger partial charge in [-0.05, 0) is 52.0 Å². The van der Waals surface area contributed by atoms with Crippen molar-refractivity contribution in [3.05, 3.63) is 28.8 Å². The fourth-order valence-electron chi connectivity index (χ4n) is 6.63. The molecule has 9 nitrogen and oxygen atoms in total. The van der Waals surface area contributed by atoms with Crippen LogP contribution >= 0.6 is 0 Å². The SMILES string of the molecule is CC(C)[Si](OCC1C(C(=O)N2CCOC2=O)=Cc2cc3c(cc2C1OCOCC[Si](C)(C)C)OCO3)(C(C)C)C(C)C. The van der Waals surface area contributed by atoms with E-state index >= 15 is 0 Å². The third kappa shape index (κ3) is 6.80. The number of cyclic esters (lactones) is 1. The minimum atomic E-state index is -2.29. The van der Waals surface area contributed by atoms with Crippen LogP contribution in [0, 0.1) is 5.92 Å². The number of fused-ring (bicyclic) bond motifs is 2. The topological polar surface area (TPSA) is 92.8 Å². The normalized spacial score (nSPS) is 20.4. The van der Waals surface area contributed by atoms with Gasteiger partial charge in [-0.15, -0.1) is 0 Å². The second-order valence-electron chi connectivity index (χ2n) is 13.7. The minimum absolute atomic E-state index is 0.0773. The van der Waals surface area contributed by atoms with Gasteiger partial charge in [0.2, 0.25) is 6.79 Å². The Hall–Kier alpha value is -2.19. The van der Waals surface area contributed by atoms with Crippen LogP contribution in [0.3, 0.4) is 0 Å². The standard InChI is InChI=1S/C31H49NO8Si2/c1-20(2)42(21(3)4,22(5)6)40-17-26-25(30(33)32-10-11-36-31(32)34)14-23-15-27-28(38-19-37-27)16-24(23)29(26)39-18-35-12-13-41(7,8)9/h14-16,20-22,26,29H,10-13,17-19H2,1-9H3. The van der Waals surface area contributed by atoms with E-state index in [0.717, 1.165) is 17.2 Å². The number of amides is 2. The molecule has 1 aromatic carbocycles.